The van der Waals surface area contributed by atoms with Crippen LogP contribution < -0.4 is 15.5 Å². The Labute approximate surface area is 286 Å². The Morgan fingerprint density at radius 3 is 2.52 bits per heavy atom. The average Bonchev–Trinajstić information content (AvgIpc) is 3.82. The molecular formula is C36H48N6O5S. The summed E-state index contributed by atoms with van der Waals surface area (Å²) in [5, 5.41) is 32.4. The third-order valence-electron chi connectivity index (χ3n) is 10.2. The molecule has 2 amide bonds. The van der Waals surface area contributed by atoms with Gasteiger partial charge in [0, 0.05) is 32.1 Å². The SMILES string of the molecule is CC(C)=C(C(=O)N1C[C@H](O)C[C@H]1C(=O)N[C@@H](C)c1ccc(-c2scnc2C)cc1)c1cc(N2CCC(CC3(O)CCNCC3)CC2)no1. The van der Waals surface area contributed by atoms with Gasteiger partial charge in [-0.25, -0.2) is 4.98 Å². The van der Waals surface area contributed by atoms with Crippen molar-refractivity contribution in [2.24, 2.45) is 5.92 Å². The molecule has 0 aliphatic carbocycles. The molecule has 12 heteroatoms. The number of aryl methyl sites for hydroxylation is 1. The van der Waals surface area contributed by atoms with Crippen LogP contribution in [-0.2, 0) is 9.59 Å². The van der Waals surface area contributed by atoms with Crippen LogP contribution in [0.15, 0.2) is 45.9 Å². The van der Waals surface area contributed by atoms with Crippen molar-refractivity contribution in [3.8, 4) is 10.4 Å². The van der Waals surface area contributed by atoms with Gasteiger partial charge in [-0.3, -0.25) is 9.59 Å². The quantitative estimate of drug-likeness (QED) is 0.242. The minimum atomic E-state index is -0.820. The normalized spacial score (nSPS) is 22.0. The van der Waals surface area contributed by atoms with E-state index >= 15 is 0 Å². The number of hydrogen-bond donors (Lipinski definition) is 4. The van der Waals surface area contributed by atoms with Crippen LogP contribution in [0.1, 0.15) is 82.4 Å². The molecule has 6 rings (SSSR count). The Morgan fingerprint density at radius 2 is 1.88 bits per heavy atom. The van der Waals surface area contributed by atoms with Gasteiger partial charge in [-0.15, -0.1) is 11.3 Å². The van der Waals surface area contributed by atoms with Crippen molar-refractivity contribution in [1.29, 1.82) is 0 Å². The van der Waals surface area contributed by atoms with E-state index in [0.29, 0.717) is 23.1 Å². The van der Waals surface area contributed by atoms with Crippen molar-refractivity contribution in [2.75, 3.05) is 37.6 Å². The second kappa shape index (κ2) is 14.5. The van der Waals surface area contributed by atoms with Crippen LogP contribution in [0.2, 0.25) is 0 Å². The van der Waals surface area contributed by atoms with Gasteiger partial charge in [0.2, 0.25) is 5.91 Å². The number of anilines is 1. The van der Waals surface area contributed by atoms with Gasteiger partial charge in [0.05, 0.1) is 39.4 Å². The highest BCUT2D eigenvalue weighted by Gasteiger charge is 2.41. The minimum absolute atomic E-state index is 0.0574. The first-order valence-corrected chi connectivity index (χ1v) is 18.0. The molecule has 258 valence electrons. The highest BCUT2D eigenvalue weighted by atomic mass is 32.1. The molecule has 1 aromatic carbocycles. The summed E-state index contributed by atoms with van der Waals surface area (Å²) in [5.41, 5.74) is 5.36. The van der Waals surface area contributed by atoms with Crippen LogP contribution in [0.25, 0.3) is 16.0 Å². The lowest BCUT2D eigenvalue weighted by Gasteiger charge is -2.39. The van der Waals surface area contributed by atoms with Gasteiger partial charge in [-0.1, -0.05) is 35.0 Å². The first kappa shape index (κ1) is 34.3. The number of rotatable bonds is 9. The van der Waals surface area contributed by atoms with Gasteiger partial charge in [0.1, 0.15) is 6.04 Å². The number of nitrogens with zero attached hydrogens (tertiary/aromatic N) is 4. The number of aliphatic hydroxyl groups is 2. The molecule has 3 aliphatic rings. The zero-order valence-corrected chi connectivity index (χ0v) is 29.2. The largest absolute Gasteiger partial charge is 0.391 e. The molecule has 3 fully saturated rings. The number of nitrogens with one attached hydrogen (secondary N) is 2. The van der Waals surface area contributed by atoms with E-state index in [4.69, 9.17) is 4.52 Å². The molecule has 5 heterocycles. The molecule has 3 aromatic rings. The number of aromatic nitrogens is 2. The summed E-state index contributed by atoms with van der Waals surface area (Å²) in [6, 6.07) is 8.74. The fourth-order valence-corrected chi connectivity index (χ4v) is 8.24. The molecule has 3 saturated heterocycles. The molecule has 0 saturated carbocycles. The molecule has 0 unspecified atom stereocenters. The van der Waals surface area contributed by atoms with Crippen molar-refractivity contribution < 1.29 is 24.3 Å². The Hall–Kier alpha value is -3.58. The summed E-state index contributed by atoms with van der Waals surface area (Å²) in [7, 11) is 0. The maximum absolute atomic E-state index is 14.1. The third-order valence-corrected chi connectivity index (χ3v) is 11.2. The van der Waals surface area contributed by atoms with Crippen LogP contribution in [0, 0.1) is 12.8 Å². The molecule has 2 aromatic heterocycles. The molecule has 3 atom stereocenters. The lowest BCUT2D eigenvalue weighted by Crippen LogP contribution is -2.46. The topological polar surface area (TPSA) is 144 Å². The summed E-state index contributed by atoms with van der Waals surface area (Å²) < 4.78 is 5.76. The van der Waals surface area contributed by atoms with Crippen LogP contribution in [0.3, 0.4) is 0 Å². The lowest BCUT2D eigenvalue weighted by molar-refractivity contribution is -0.135. The fourth-order valence-electron chi connectivity index (χ4n) is 7.42. The number of β-amino-alcohol motifs (C(OH)–C–C–N with tert-alkyl or cyclic N) is 1. The van der Waals surface area contributed by atoms with Gasteiger partial charge >= 0.3 is 0 Å². The van der Waals surface area contributed by atoms with Gasteiger partial charge in [0.25, 0.3) is 5.91 Å². The van der Waals surface area contributed by atoms with Crippen molar-refractivity contribution >= 4 is 34.5 Å². The molecule has 48 heavy (non-hydrogen) atoms. The summed E-state index contributed by atoms with van der Waals surface area (Å²) in [4.78, 5) is 36.8. The van der Waals surface area contributed by atoms with Crippen LogP contribution >= 0.6 is 11.3 Å². The van der Waals surface area contributed by atoms with Crippen molar-refractivity contribution in [3.05, 3.63) is 58.4 Å². The van der Waals surface area contributed by atoms with E-state index in [1.165, 1.54) is 4.90 Å². The van der Waals surface area contributed by atoms with Crippen molar-refractivity contribution in [1.82, 2.24) is 25.7 Å². The zero-order chi connectivity index (χ0) is 34.0. The highest BCUT2D eigenvalue weighted by molar-refractivity contribution is 7.13. The van der Waals surface area contributed by atoms with Crippen LogP contribution in [0.4, 0.5) is 5.82 Å². The minimum Gasteiger partial charge on any atom is -0.391 e. The Balaban J connectivity index is 1.09. The smallest absolute Gasteiger partial charge is 0.258 e. The summed E-state index contributed by atoms with van der Waals surface area (Å²) in [5.74, 6) is 0.826. The number of benzene rings is 1. The molecule has 4 N–H and O–H groups in total. The number of thiazole rings is 1. The first-order valence-electron chi connectivity index (χ1n) is 17.1. The summed E-state index contributed by atoms with van der Waals surface area (Å²) >= 11 is 1.60. The van der Waals surface area contributed by atoms with E-state index in [1.807, 2.05) is 63.5 Å². The third kappa shape index (κ3) is 7.51. The lowest BCUT2D eigenvalue weighted by atomic mass is 9.80. The number of hydrogen-bond acceptors (Lipinski definition) is 10. The second-order valence-electron chi connectivity index (χ2n) is 14.0. The average molecular weight is 677 g/mol. The van der Waals surface area contributed by atoms with Gasteiger partial charge in [-0.05, 0) is 89.9 Å². The summed E-state index contributed by atoms with van der Waals surface area (Å²) in [6.45, 7) is 11.0. The van der Waals surface area contributed by atoms with Crippen molar-refractivity contribution in [3.63, 3.8) is 0 Å². The molecule has 0 bridgehead atoms. The van der Waals surface area contributed by atoms with Crippen LogP contribution in [-0.4, -0.2) is 87.5 Å². The molecule has 0 spiro atoms. The van der Waals surface area contributed by atoms with E-state index in [1.54, 1.807) is 11.3 Å². The molecule has 0 radical (unpaired) electrons. The Kier molecular flexibility index (Phi) is 10.4. The number of piperidine rings is 2. The number of amides is 2. The second-order valence-corrected chi connectivity index (χ2v) is 14.9. The van der Waals surface area contributed by atoms with E-state index in [9.17, 15) is 19.8 Å². The zero-order valence-electron chi connectivity index (χ0n) is 28.4. The predicted molar refractivity (Wildman–Crippen MR) is 186 cm³/mol. The van der Waals surface area contributed by atoms with Gasteiger partial charge in [-0.2, -0.15) is 0 Å². The van der Waals surface area contributed by atoms with Gasteiger partial charge < -0.3 is 35.2 Å². The van der Waals surface area contributed by atoms with Crippen LogP contribution in [0.5, 0.6) is 0 Å². The maximum atomic E-state index is 14.1. The van der Waals surface area contributed by atoms with Crippen molar-refractivity contribution in [2.45, 2.75) is 90.0 Å². The molecular weight excluding hydrogens is 629 g/mol. The van der Waals surface area contributed by atoms with Gasteiger partial charge in [0.15, 0.2) is 11.6 Å². The molecule has 3 aliphatic heterocycles. The number of likely N-dealkylation sites (tertiary alicyclic amines) is 1. The Morgan fingerprint density at radius 1 is 1.17 bits per heavy atom. The molecule has 11 nitrogen and oxygen atoms in total. The number of aliphatic hydroxyl groups excluding tert-OH is 1. The monoisotopic (exact) mass is 676 g/mol. The standard InChI is InChI=1S/C36H48N6O5S/c1-22(2)32(30-18-31(40-47-30)41-15-9-25(10-16-41)19-36(46)11-13-37-14-12-36)35(45)42-20-28(43)17-29(42)34(44)39-23(3)26-5-7-27(8-6-26)33-24(4)38-21-48-33/h5-8,18,21,23,25,28-29,37,43,46H,9-17,19-20H2,1-4H3,(H,39,44)/t23-,28+,29-/m0/s1. The number of carbonyl (C=O) groups excluding carboxylic acids is 2. The number of allylic oxidation sites excluding steroid dienone is 1. The van der Waals surface area contributed by atoms with E-state index in [-0.39, 0.29) is 30.8 Å². The predicted octanol–water partition coefficient (Wildman–Crippen LogP) is 4.46. The van der Waals surface area contributed by atoms with E-state index in [0.717, 1.165) is 85.6 Å². The maximum Gasteiger partial charge on any atom is 0.258 e. The number of carbonyl (C=O) groups is 2. The Bertz CT molecular complexity index is 1620. The summed E-state index contributed by atoms with van der Waals surface area (Å²) in [6.07, 6.45) is 3.71. The van der Waals surface area contributed by atoms with E-state index in [2.05, 4.69) is 25.7 Å². The fraction of sp³-hybridized carbons (Fsp3) is 0.556. The first-order chi connectivity index (χ1) is 23.0. The highest BCUT2D eigenvalue weighted by Crippen LogP contribution is 2.35. The van der Waals surface area contributed by atoms with E-state index < -0.39 is 17.7 Å².